The number of hydrogen-bond donors (Lipinski definition) is 0. The Balaban J connectivity index is 1.60. The molecule has 3 aliphatic heterocycles. The molecule has 82 heavy (non-hydrogen) atoms. The first-order valence-corrected chi connectivity index (χ1v) is 28.6. The molecule has 18 nitrogen and oxygen atoms in total. The van der Waals surface area contributed by atoms with Gasteiger partial charge >= 0.3 is 23.9 Å². The number of esters is 4. The number of likely N-dealkylation sites (N-methyl/N-ethyl adjacent to an activating group) is 4. The lowest BCUT2D eigenvalue weighted by Gasteiger charge is -2.36. The van der Waals surface area contributed by atoms with E-state index in [1.165, 1.54) is 55.9 Å². The summed E-state index contributed by atoms with van der Waals surface area (Å²) in [5.41, 5.74) is -2.31. The SMILES string of the molecule is CN1C(=O)COC(=O)[C@H](CC(C)(C)C)N(C)C(=O)[C@@H](Cc2ccc(C3CCOCC3)cc2)OC(=O)[C@H](CC(C)(C)F)N(C)C(=O)COC(=O)[C@H](CC(C)(C)C)N(C)C(=O)[C@@H](Cc2ccc(C3CCOCC3)cc2)OC(=O)[C@@H]1CC(C)(C)F. The van der Waals surface area contributed by atoms with E-state index in [9.17, 15) is 38.4 Å². The summed E-state index contributed by atoms with van der Waals surface area (Å²) in [5, 5.41) is 0. The van der Waals surface area contributed by atoms with Gasteiger partial charge in [-0.05, 0) is 111 Å². The van der Waals surface area contributed by atoms with E-state index in [0.29, 0.717) is 37.6 Å². The van der Waals surface area contributed by atoms with E-state index in [2.05, 4.69) is 0 Å². The highest BCUT2D eigenvalue weighted by atomic mass is 19.1. The van der Waals surface area contributed by atoms with Crippen molar-refractivity contribution in [3.8, 4) is 0 Å². The van der Waals surface area contributed by atoms with Crippen molar-refractivity contribution in [2.45, 2.75) is 193 Å². The molecular formula is C62H90F2N4O14. The molecule has 0 N–H and O–H groups in total. The second kappa shape index (κ2) is 28.5. The summed E-state index contributed by atoms with van der Waals surface area (Å²) >= 11 is 0. The lowest BCUT2D eigenvalue weighted by Crippen LogP contribution is -2.54. The van der Waals surface area contributed by atoms with Crippen molar-refractivity contribution in [3.05, 3.63) is 70.8 Å². The Bertz CT molecular complexity index is 2320. The van der Waals surface area contributed by atoms with Gasteiger partial charge in [0.2, 0.25) is 0 Å². The average molecular weight is 1150 g/mol. The standard InChI is InChI=1S/C62H90F2N4O14/c1-59(2,3)33-45-55(73)79-37-51(69)65(11)48(36-62(9,10)64)58(76)82-50(32-40-17-21-42(22-18-40)44-25-29-78-30-26-44)54(72)68(14)46(34-60(4,5)6)56(74)80-38-52(70)66(12)47(35-61(7,8)63)57(75)81-49(53(71)67(45)13)31-39-15-19-41(20-16-39)43-23-27-77-28-24-43/h15-22,43-50H,23-38H2,1-14H3/t45-,46-,47-,48-,49+,50+/m0/s1. The van der Waals surface area contributed by atoms with Crippen LogP contribution in [0.5, 0.6) is 0 Å². The molecule has 2 aromatic carbocycles. The molecule has 5 rings (SSSR count). The molecule has 3 fully saturated rings. The van der Waals surface area contributed by atoms with Crippen molar-refractivity contribution in [3.63, 3.8) is 0 Å². The second-order valence-electron chi connectivity index (χ2n) is 26.1. The highest BCUT2D eigenvalue weighted by Crippen LogP contribution is 2.32. The van der Waals surface area contributed by atoms with Crippen molar-refractivity contribution in [1.29, 1.82) is 0 Å². The van der Waals surface area contributed by atoms with Crippen LogP contribution in [-0.2, 0) is 79.6 Å². The lowest BCUT2D eigenvalue weighted by atomic mass is 9.87. The largest absolute Gasteiger partial charge is 0.454 e. The number of ether oxygens (including phenoxy) is 6. The maximum atomic E-state index is 15.8. The summed E-state index contributed by atoms with van der Waals surface area (Å²) in [6.45, 7) is 16.2. The zero-order valence-corrected chi connectivity index (χ0v) is 50.8. The molecule has 3 aliphatic rings. The van der Waals surface area contributed by atoms with E-state index in [1.54, 1.807) is 24.3 Å². The summed E-state index contributed by atoms with van der Waals surface area (Å²) < 4.78 is 66.2. The van der Waals surface area contributed by atoms with Crippen LogP contribution < -0.4 is 0 Å². The first-order chi connectivity index (χ1) is 38.1. The number of nitrogens with zero attached hydrogens (tertiary/aromatic N) is 4. The maximum absolute atomic E-state index is 15.8. The minimum atomic E-state index is -2.10. The Morgan fingerprint density at radius 3 is 1.00 bits per heavy atom. The third-order valence-electron chi connectivity index (χ3n) is 15.3. The highest BCUT2D eigenvalue weighted by Gasteiger charge is 2.44. The van der Waals surface area contributed by atoms with Crippen molar-refractivity contribution in [2.24, 2.45) is 10.8 Å². The van der Waals surface area contributed by atoms with Gasteiger partial charge in [0.05, 0.1) is 0 Å². The molecule has 0 aliphatic carbocycles. The molecule has 0 saturated carbocycles. The fraction of sp³-hybridized carbons (Fsp3) is 0.677. The summed E-state index contributed by atoms with van der Waals surface area (Å²) in [4.78, 5) is 120. The van der Waals surface area contributed by atoms with Crippen LogP contribution in [0.3, 0.4) is 0 Å². The number of carbonyl (C=O) groups excluding carboxylic acids is 8. The summed E-state index contributed by atoms with van der Waals surface area (Å²) in [6, 6.07) is 8.67. The zero-order valence-electron chi connectivity index (χ0n) is 50.8. The average Bonchev–Trinajstić information content (AvgIpc) is 3.41. The minimum Gasteiger partial charge on any atom is -0.454 e. The van der Waals surface area contributed by atoms with Crippen LogP contribution in [-0.4, -0.2) is 183 Å². The smallest absolute Gasteiger partial charge is 0.329 e. The van der Waals surface area contributed by atoms with Crippen LogP contribution >= 0.6 is 0 Å². The molecule has 20 heteroatoms. The molecular weight excluding hydrogens is 1060 g/mol. The Kier molecular flexibility index (Phi) is 23.2. The van der Waals surface area contributed by atoms with Crippen molar-refractivity contribution in [2.75, 3.05) is 67.8 Å². The summed E-state index contributed by atoms with van der Waals surface area (Å²) in [7, 11) is 5.05. The second-order valence-corrected chi connectivity index (χ2v) is 26.1. The third kappa shape index (κ3) is 20.1. The Labute approximate surface area is 483 Å². The van der Waals surface area contributed by atoms with Gasteiger partial charge in [0.1, 0.15) is 35.5 Å². The van der Waals surface area contributed by atoms with E-state index in [4.69, 9.17) is 28.4 Å². The first-order valence-electron chi connectivity index (χ1n) is 28.6. The van der Waals surface area contributed by atoms with Gasteiger partial charge in [-0.15, -0.1) is 0 Å². The van der Waals surface area contributed by atoms with Crippen molar-refractivity contribution >= 4 is 47.5 Å². The van der Waals surface area contributed by atoms with Crippen LogP contribution in [0.2, 0.25) is 0 Å². The van der Waals surface area contributed by atoms with Crippen molar-refractivity contribution in [1.82, 2.24) is 19.6 Å². The molecule has 6 atom stereocenters. The molecule has 3 heterocycles. The molecule has 4 amide bonds. The molecule has 0 unspecified atom stereocenters. The first kappa shape index (κ1) is 66.8. The topological polar surface area (TPSA) is 205 Å². The van der Waals surface area contributed by atoms with E-state index in [1.807, 2.05) is 65.8 Å². The number of cyclic esters (lactones) is 4. The summed E-state index contributed by atoms with van der Waals surface area (Å²) in [5.74, 6) is -7.56. The van der Waals surface area contributed by atoms with E-state index in [-0.39, 0.29) is 37.5 Å². The van der Waals surface area contributed by atoms with Gasteiger partial charge in [-0.2, -0.15) is 0 Å². The Hall–Kier alpha value is -6.02. The molecule has 0 bridgehead atoms. The quantitative estimate of drug-likeness (QED) is 0.148. The Morgan fingerprint density at radius 2 is 0.720 bits per heavy atom. The number of rotatable bonds is 12. The fourth-order valence-corrected chi connectivity index (χ4v) is 10.5. The third-order valence-corrected chi connectivity index (χ3v) is 15.3. The van der Waals surface area contributed by atoms with Crippen molar-refractivity contribution < 1.29 is 75.6 Å². The van der Waals surface area contributed by atoms with Crippen LogP contribution in [0.1, 0.15) is 155 Å². The number of hydrogen-bond acceptors (Lipinski definition) is 14. The summed E-state index contributed by atoms with van der Waals surface area (Å²) in [6.07, 6.45) is -1.82. The monoisotopic (exact) mass is 1150 g/mol. The molecule has 0 radical (unpaired) electrons. The normalized spacial score (nSPS) is 24.4. The Morgan fingerprint density at radius 1 is 0.427 bits per heavy atom. The van der Waals surface area contributed by atoms with Gasteiger partial charge < -0.3 is 48.0 Å². The van der Waals surface area contributed by atoms with Gasteiger partial charge in [0.25, 0.3) is 23.6 Å². The van der Waals surface area contributed by atoms with Gasteiger partial charge in [-0.1, -0.05) is 90.1 Å². The number of halogens is 2. The van der Waals surface area contributed by atoms with Crippen LogP contribution in [0.4, 0.5) is 8.78 Å². The molecule has 0 spiro atoms. The van der Waals surface area contributed by atoms with Gasteiger partial charge in [0.15, 0.2) is 25.4 Å². The van der Waals surface area contributed by atoms with Crippen LogP contribution in [0, 0.1) is 10.8 Å². The number of benzene rings is 2. The number of carbonyl (C=O) groups is 8. The van der Waals surface area contributed by atoms with E-state index < -0.39 is 132 Å². The zero-order chi connectivity index (χ0) is 61.1. The van der Waals surface area contributed by atoms with Gasteiger partial charge in [-0.3, -0.25) is 19.2 Å². The van der Waals surface area contributed by atoms with E-state index >= 15 is 8.78 Å². The molecule has 3 saturated heterocycles. The van der Waals surface area contributed by atoms with Gasteiger partial charge in [-0.25, -0.2) is 28.0 Å². The molecule has 456 valence electrons. The van der Waals surface area contributed by atoms with Crippen LogP contribution in [0.15, 0.2) is 48.5 Å². The predicted molar refractivity (Wildman–Crippen MR) is 302 cm³/mol. The number of amides is 4. The molecule has 0 aromatic heterocycles. The fourth-order valence-electron chi connectivity index (χ4n) is 10.5. The minimum absolute atomic E-state index is 0.0308. The predicted octanol–water partition coefficient (Wildman–Crippen LogP) is 7.64. The van der Waals surface area contributed by atoms with Gasteiger partial charge in [0, 0.05) is 80.3 Å². The highest BCUT2D eigenvalue weighted by molar-refractivity contribution is 5.93. The van der Waals surface area contributed by atoms with Crippen LogP contribution in [0.25, 0.3) is 0 Å². The van der Waals surface area contributed by atoms with E-state index in [0.717, 1.165) is 56.4 Å². The lowest BCUT2D eigenvalue weighted by molar-refractivity contribution is -0.173. The molecule has 2 aromatic rings. The maximum Gasteiger partial charge on any atom is 0.329 e. The number of alkyl halides is 2.